The number of aromatic amines is 1. The van der Waals surface area contributed by atoms with Crippen LogP contribution in [-0.4, -0.2) is 47.6 Å². The fraction of sp³-hybridized carbons (Fsp3) is 0.353. The molecule has 0 radical (unpaired) electrons. The highest BCUT2D eigenvalue weighted by Crippen LogP contribution is 2.25. The van der Waals surface area contributed by atoms with Crippen LogP contribution in [0.1, 0.15) is 17.9 Å². The topological polar surface area (TPSA) is 87.9 Å². The molecule has 0 spiro atoms. The Morgan fingerprint density at radius 2 is 2.12 bits per heavy atom. The predicted molar refractivity (Wildman–Crippen MR) is 93.4 cm³/mol. The molecule has 0 amide bonds. The number of fused-ring (bicyclic) bond motifs is 3. The maximum absolute atomic E-state index is 4.49. The van der Waals surface area contributed by atoms with Crippen molar-refractivity contribution < 1.29 is 0 Å². The average Bonchev–Trinajstić information content (AvgIpc) is 3.34. The summed E-state index contributed by atoms with van der Waals surface area (Å²) in [6.07, 6.45) is 9.35. The van der Waals surface area contributed by atoms with Gasteiger partial charge in [-0.05, 0) is 25.3 Å². The van der Waals surface area contributed by atoms with Gasteiger partial charge in [0.2, 0.25) is 0 Å². The number of hydrogen-bond donors (Lipinski definition) is 1. The molecule has 1 aliphatic rings. The van der Waals surface area contributed by atoms with E-state index in [4.69, 9.17) is 0 Å². The van der Waals surface area contributed by atoms with Crippen LogP contribution in [0, 0.1) is 12.8 Å². The van der Waals surface area contributed by atoms with Crippen molar-refractivity contribution in [3.63, 3.8) is 0 Å². The lowest BCUT2D eigenvalue weighted by Crippen LogP contribution is -2.21. The molecular formula is C17H18N8. The monoisotopic (exact) mass is 334 g/mol. The molecule has 5 heterocycles. The highest BCUT2D eigenvalue weighted by atomic mass is 15.3. The first-order chi connectivity index (χ1) is 12.3. The normalized spacial score (nSPS) is 17.8. The molecule has 4 aromatic rings. The molecule has 1 aliphatic heterocycles. The van der Waals surface area contributed by atoms with Crippen LogP contribution in [0.3, 0.4) is 0 Å². The van der Waals surface area contributed by atoms with E-state index in [0.29, 0.717) is 5.92 Å². The molecule has 8 heteroatoms. The van der Waals surface area contributed by atoms with Crippen LogP contribution in [0.5, 0.6) is 0 Å². The van der Waals surface area contributed by atoms with Crippen molar-refractivity contribution in [1.82, 2.24) is 34.5 Å². The Morgan fingerprint density at radius 1 is 1.16 bits per heavy atom. The number of nitrogens with one attached hydrogen (secondary N) is 1. The number of hydrogen-bond acceptors (Lipinski definition) is 6. The van der Waals surface area contributed by atoms with E-state index >= 15 is 0 Å². The summed E-state index contributed by atoms with van der Waals surface area (Å²) in [6.45, 7) is 3.92. The smallest absolute Gasteiger partial charge is 0.179 e. The second kappa shape index (κ2) is 5.51. The molecule has 1 fully saturated rings. The van der Waals surface area contributed by atoms with E-state index in [0.717, 1.165) is 60.1 Å². The van der Waals surface area contributed by atoms with Gasteiger partial charge >= 0.3 is 0 Å². The van der Waals surface area contributed by atoms with Crippen LogP contribution in [0.4, 0.5) is 5.82 Å². The van der Waals surface area contributed by atoms with Crippen molar-refractivity contribution in [2.75, 3.05) is 18.0 Å². The third-order valence-electron chi connectivity index (χ3n) is 4.86. The maximum Gasteiger partial charge on any atom is 0.179 e. The fourth-order valence-corrected chi connectivity index (χ4v) is 3.58. The molecule has 126 valence electrons. The Labute approximate surface area is 144 Å². The van der Waals surface area contributed by atoms with E-state index in [-0.39, 0.29) is 0 Å². The van der Waals surface area contributed by atoms with Gasteiger partial charge in [0.15, 0.2) is 11.3 Å². The summed E-state index contributed by atoms with van der Waals surface area (Å²) in [7, 11) is 0. The second-order valence-electron chi connectivity index (χ2n) is 6.60. The Balaban J connectivity index is 1.40. The molecule has 0 bridgehead atoms. The molecule has 0 aromatic carbocycles. The van der Waals surface area contributed by atoms with Crippen molar-refractivity contribution in [2.24, 2.45) is 5.92 Å². The lowest BCUT2D eigenvalue weighted by molar-refractivity contribution is 0.565. The van der Waals surface area contributed by atoms with E-state index in [1.165, 1.54) is 0 Å². The first-order valence-electron chi connectivity index (χ1n) is 8.47. The zero-order valence-corrected chi connectivity index (χ0v) is 13.9. The Bertz CT molecular complexity index is 1030. The quantitative estimate of drug-likeness (QED) is 0.614. The molecule has 0 aliphatic carbocycles. The number of aromatic nitrogens is 7. The fourth-order valence-electron chi connectivity index (χ4n) is 3.58. The zero-order valence-electron chi connectivity index (χ0n) is 13.9. The van der Waals surface area contributed by atoms with E-state index < -0.39 is 0 Å². The molecule has 4 aromatic heterocycles. The summed E-state index contributed by atoms with van der Waals surface area (Å²) in [5, 5.41) is 8.69. The minimum absolute atomic E-state index is 0.526. The highest BCUT2D eigenvalue weighted by Gasteiger charge is 2.25. The first kappa shape index (κ1) is 14.3. The Kier molecular flexibility index (Phi) is 3.16. The number of H-pyrrole nitrogens is 1. The molecule has 25 heavy (non-hydrogen) atoms. The molecular weight excluding hydrogens is 316 g/mol. The average molecular weight is 334 g/mol. The van der Waals surface area contributed by atoms with E-state index in [1.807, 2.05) is 31.6 Å². The van der Waals surface area contributed by atoms with Crippen LogP contribution in [0.25, 0.3) is 16.8 Å². The largest absolute Gasteiger partial charge is 0.355 e. The van der Waals surface area contributed by atoms with Gasteiger partial charge in [-0.3, -0.25) is 9.38 Å². The van der Waals surface area contributed by atoms with E-state index in [9.17, 15) is 0 Å². The van der Waals surface area contributed by atoms with Crippen molar-refractivity contribution in [1.29, 1.82) is 0 Å². The van der Waals surface area contributed by atoms with Gasteiger partial charge in [-0.15, -0.1) is 10.2 Å². The lowest BCUT2D eigenvalue weighted by atomic mass is 10.0. The van der Waals surface area contributed by atoms with Crippen LogP contribution in [0.15, 0.2) is 30.9 Å². The van der Waals surface area contributed by atoms with Crippen LogP contribution in [0.2, 0.25) is 0 Å². The van der Waals surface area contributed by atoms with Crippen LogP contribution >= 0.6 is 0 Å². The Morgan fingerprint density at radius 3 is 3.00 bits per heavy atom. The molecule has 1 saturated heterocycles. The van der Waals surface area contributed by atoms with Gasteiger partial charge in [-0.1, -0.05) is 0 Å². The van der Waals surface area contributed by atoms with Crippen LogP contribution in [-0.2, 0) is 6.42 Å². The van der Waals surface area contributed by atoms with Gasteiger partial charge in [0.05, 0.1) is 29.8 Å². The van der Waals surface area contributed by atoms with Crippen molar-refractivity contribution in [2.45, 2.75) is 19.8 Å². The minimum Gasteiger partial charge on any atom is -0.355 e. The van der Waals surface area contributed by atoms with E-state index in [1.54, 1.807) is 6.20 Å². The number of aryl methyl sites for hydroxylation is 1. The first-order valence-corrected chi connectivity index (χ1v) is 8.47. The Hall–Kier alpha value is -3.03. The van der Waals surface area contributed by atoms with Gasteiger partial charge in [-0.2, -0.15) is 0 Å². The van der Waals surface area contributed by atoms with Gasteiger partial charge in [0.25, 0.3) is 0 Å². The predicted octanol–water partition coefficient (Wildman–Crippen LogP) is 1.77. The molecule has 8 nitrogen and oxygen atoms in total. The number of rotatable bonds is 3. The van der Waals surface area contributed by atoms with E-state index in [2.05, 4.69) is 39.4 Å². The standard InChI is InChI=1S/C17H18N8/c1-11-7-20-15(8-19-11)24-5-3-12(10-24)6-14-22-23-16-9-21-17-13(25(14)16)2-4-18-17/h2,4,7-9,12,18H,3,5-6,10H2,1H3. The molecule has 5 rings (SSSR count). The van der Waals surface area contributed by atoms with Crippen molar-refractivity contribution in [3.05, 3.63) is 42.4 Å². The highest BCUT2D eigenvalue weighted by molar-refractivity contribution is 5.74. The number of anilines is 1. The zero-order chi connectivity index (χ0) is 16.8. The summed E-state index contributed by atoms with van der Waals surface area (Å²) in [4.78, 5) is 18.7. The van der Waals surface area contributed by atoms with Gasteiger partial charge < -0.3 is 9.88 Å². The lowest BCUT2D eigenvalue weighted by Gasteiger charge is -2.16. The molecule has 1 N–H and O–H groups in total. The molecule has 0 saturated carbocycles. The third kappa shape index (κ3) is 2.41. The summed E-state index contributed by atoms with van der Waals surface area (Å²) in [5.41, 5.74) is 3.62. The molecule has 1 unspecified atom stereocenters. The summed E-state index contributed by atoms with van der Waals surface area (Å²) >= 11 is 0. The second-order valence-corrected chi connectivity index (χ2v) is 6.60. The summed E-state index contributed by atoms with van der Waals surface area (Å²) in [6, 6.07) is 2.02. The van der Waals surface area contributed by atoms with Gasteiger partial charge in [-0.25, -0.2) is 9.97 Å². The summed E-state index contributed by atoms with van der Waals surface area (Å²) < 4.78 is 2.10. The number of nitrogens with zero attached hydrogens (tertiary/aromatic N) is 7. The SMILES string of the molecule is Cc1cnc(N2CCC(Cc3nnc4cnc5[nH]ccc5n34)C2)cn1. The van der Waals surface area contributed by atoms with Gasteiger partial charge in [0, 0.05) is 25.7 Å². The molecule has 1 atom stereocenters. The van der Waals surface area contributed by atoms with Crippen LogP contribution < -0.4 is 4.90 Å². The summed E-state index contributed by atoms with van der Waals surface area (Å²) in [5.74, 6) is 2.47. The van der Waals surface area contributed by atoms with Crippen molar-refractivity contribution >= 4 is 22.6 Å². The van der Waals surface area contributed by atoms with Crippen molar-refractivity contribution in [3.8, 4) is 0 Å². The maximum atomic E-state index is 4.49. The minimum atomic E-state index is 0.526. The van der Waals surface area contributed by atoms with Gasteiger partial charge in [0.1, 0.15) is 11.6 Å². The third-order valence-corrected chi connectivity index (χ3v) is 4.86.